The highest BCUT2D eigenvalue weighted by Crippen LogP contribution is 2.44. The highest BCUT2D eigenvalue weighted by molar-refractivity contribution is 5.90. The van der Waals surface area contributed by atoms with Crippen LogP contribution in [-0.2, 0) is 9.47 Å². The van der Waals surface area contributed by atoms with E-state index in [9.17, 15) is 24.2 Å². The van der Waals surface area contributed by atoms with Gasteiger partial charge in [0, 0.05) is 12.5 Å². The van der Waals surface area contributed by atoms with Crippen LogP contribution in [0.2, 0.25) is 0 Å². The summed E-state index contributed by atoms with van der Waals surface area (Å²) in [4.78, 5) is 24.2. The Morgan fingerprint density at radius 3 is 2.23 bits per heavy atom. The van der Waals surface area contributed by atoms with Gasteiger partial charge in [0.05, 0.1) is 12.2 Å². The predicted octanol–water partition coefficient (Wildman–Crippen LogP) is 3.94. The average Bonchev–Trinajstić information content (AvgIpc) is 3.19. The van der Waals surface area contributed by atoms with Crippen LogP contribution in [0.25, 0.3) is 11.1 Å². The molecule has 35 heavy (non-hydrogen) atoms. The molecule has 0 aliphatic heterocycles. The fourth-order valence-electron chi connectivity index (χ4n) is 4.26. The molecule has 0 spiro atoms. The Morgan fingerprint density at radius 2 is 1.60 bits per heavy atom. The first kappa shape index (κ1) is 24.4. The molecular weight excluding hydrogens is 453 g/mol. The number of amides is 1. The Kier molecular flexibility index (Phi) is 7.43. The maximum atomic E-state index is 13.9. The van der Waals surface area contributed by atoms with Gasteiger partial charge in [-0.3, -0.25) is 0 Å². The number of nitrogens with one attached hydrogen (secondary N) is 1. The normalized spacial score (nSPS) is 13.9. The lowest BCUT2D eigenvalue weighted by molar-refractivity contribution is 0.0184. The van der Waals surface area contributed by atoms with Crippen LogP contribution in [-0.4, -0.2) is 48.1 Å². The summed E-state index contributed by atoms with van der Waals surface area (Å²) < 4.78 is 24.2. The average molecular weight is 480 g/mol. The number of hydrogen-bond acceptors (Lipinski definition) is 6. The number of hydrogen-bond donors (Lipinski definition) is 3. The minimum absolute atomic E-state index is 0.0672. The highest BCUT2D eigenvalue weighted by atomic mass is 19.1. The van der Waals surface area contributed by atoms with Gasteiger partial charge in [-0.2, -0.15) is 0 Å². The molecule has 0 heterocycles. The van der Waals surface area contributed by atoms with Crippen LogP contribution < -0.4 is 5.32 Å². The van der Waals surface area contributed by atoms with Crippen molar-refractivity contribution in [1.82, 2.24) is 5.32 Å². The van der Waals surface area contributed by atoms with E-state index in [0.717, 1.165) is 34.4 Å². The molecule has 7 nitrogen and oxygen atoms in total. The summed E-state index contributed by atoms with van der Waals surface area (Å²) in [5, 5.41) is 23.2. The van der Waals surface area contributed by atoms with Crippen molar-refractivity contribution >= 4 is 12.1 Å². The van der Waals surface area contributed by atoms with Crippen molar-refractivity contribution in [2.75, 3.05) is 19.8 Å². The first-order chi connectivity index (χ1) is 16.9. The van der Waals surface area contributed by atoms with Crippen LogP contribution in [0, 0.1) is 5.82 Å². The summed E-state index contributed by atoms with van der Waals surface area (Å²) >= 11 is 0. The SMILES string of the molecule is CCOC(=O)c1cc(C(O)C(O)CNC(=O)OCC2c3ccccc3-c3ccccc32)ccc1F. The zero-order valence-corrected chi connectivity index (χ0v) is 19.1. The zero-order valence-electron chi connectivity index (χ0n) is 19.1. The number of benzene rings is 3. The second-order valence-electron chi connectivity index (χ2n) is 8.18. The molecule has 2 atom stereocenters. The van der Waals surface area contributed by atoms with E-state index in [1.54, 1.807) is 6.92 Å². The molecule has 1 aliphatic rings. The number of aliphatic hydroxyl groups excluding tert-OH is 2. The lowest BCUT2D eigenvalue weighted by Gasteiger charge is -2.20. The van der Waals surface area contributed by atoms with Crippen LogP contribution >= 0.6 is 0 Å². The molecule has 0 aromatic heterocycles. The minimum Gasteiger partial charge on any atom is -0.462 e. The quantitative estimate of drug-likeness (QED) is 0.423. The molecule has 0 saturated carbocycles. The minimum atomic E-state index is -1.47. The maximum Gasteiger partial charge on any atom is 0.407 e. The number of alkyl carbamates (subject to hydrolysis) is 1. The fourth-order valence-corrected chi connectivity index (χ4v) is 4.26. The zero-order chi connectivity index (χ0) is 24.9. The summed E-state index contributed by atoms with van der Waals surface area (Å²) in [7, 11) is 0. The van der Waals surface area contributed by atoms with Crippen LogP contribution in [0.15, 0.2) is 66.7 Å². The van der Waals surface area contributed by atoms with Crippen molar-refractivity contribution in [2.24, 2.45) is 0 Å². The Balaban J connectivity index is 1.34. The summed E-state index contributed by atoms with van der Waals surface area (Å²) in [5.74, 6) is -1.78. The number of carbonyl (C=O) groups is 2. The molecule has 3 aromatic rings. The van der Waals surface area contributed by atoms with Crippen LogP contribution in [0.5, 0.6) is 0 Å². The van der Waals surface area contributed by atoms with Gasteiger partial charge in [0.25, 0.3) is 0 Å². The predicted molar refractivity (Wildman–Crippen MR) is 126 cm³/mol. The van der Waals surface area contributed by atoms with Crippen LogP contribution in [0.1, 0.15) is 46.0 Å². The number of fused-ring (bicyclic) bond motifs is 3. The second kappa shape index (κ2) is 10.7. The van der Waals surface area contributed by atoms with Crippen molar-refractivity contribution < 1.29 is 33.7 Å². The summed E-state index contributed by atoms with van der Waals surface area (Å²) in [6.45, 7) is 1.45. The van der Waals surface area contributed by atoms with Crippen molar-refractivity contribution in [2.45, 2.75) is 25.0 Å². The van der Waals surface area contributed by atoms with E-state index >= 15 is 0 Å². The summed E-state index contributed by atoms with van der Waals surface area (Å²) in [6, 6.07) is 19.3. The smallest absolute Gasteiger partial charge is 0.407 e. The van der Waals surface area contributed by atoms with Gasteiger partial charge < -0.3 is 25.0 Å². The van der Waals surface area contributed by atoms with E-state index in [2.05, 4.69) is 5.32 Å². The van der Waals surface area contributed by atoms with E-state index < -0.39 is 30.1 Å². The van der Waals surface area contributed by atoms with Gasteiger partial charge in [0.2, 0.25) is 0 Å². The van der Waals surface area contributed by atoms with Crippen molar-refractivity contribution in [3.05, 3.63) is 94.8 Å². The number of aliphatic hydroxyl groups is 2. The van der Waals surface area contributed by atoms with Gasteiger partial charge in [0.1, 0.15) is 24.6 Å². The monoisotopic (exact) mass is 479 g/mol. The molecule has 3 aromatic carbocycles. The van der Waals surface area contributed by atoms with Crippen LogP contribution in [0.4, 0.5) is 9.18 Å². The third kappa shape index (κ3) is 5.18. The Bertz CT molecular complexity index is 1180. The summed E-state index contributed by atoms with van der Waals surface area (Å²) in [6.07, 6.45) is -3.64. The van der Waals surface area contributed by atoms with Crippen LogP contribution in [0.3, 0.4) is 0 Å². The number of halogens is 1. The van der Waals surface area contributed by atoms with Crippen molar-refractivity contribution in [3.63, 3.8) is 0 Å². The van der Waals surface area contributed by atoms with Gasteiger partial charge in [-0.05, 0) is 46.9 Å². The van der Waals surface area contributed by atoms with E-state index in [1.807, 2.05) is 48.5 Å². The number of rotatable bonds is 8. The standard InChI is InChI=1S/C27H26FNO6/c1-2-34-26(32)21-13-16(11-12-23(21)28)25(31)24(30)14-29-27(33)35-15-22-19-9-5-3-7-17(19)18-8-4-6-10-20(18)22/h3-13,22,24-25,30-31H,2,14-15H2,1H3,(H,29,33). The van der Waals surface area contributed by atoms with Crippen molar-refractivity contribution in [3.8, 4) is 11.1 Å². The Hall–Kier alpha value is -3.75. The van der Waals surface area contributed by atoms with Gasteiger partial charge in [-0.25, -0.2) is 14.0 Å². The lowest BCUT2D eigenvalue weighted by Crippen LogP contribution is -2.36. The Labute approximate surface area is 202 Å². The van der Waals surface area contributed by atoms with Gasteiger partial charge in [-0.1, -0.05) is 54.6 Å². The molecule has 0 radical (unpaired) electrons. The molecule has 0 saturated heterocycles. The number of esters is 1. The van der Waals surface area contributed by atoms with E-state index in [0.29, 0.717) is 0 Å². The highest BCUT2D eigenvalue weighted by Gasteiger charge is 2.29. The van der Waals surface area contributed by atoms with Gasteiger partial charge in [0.15, 0.2) is 0 Å². The molecular formula is C27H26FNO6. The first-order valence-electron chi connectivity index (χ1n) is 11.3. The molecule has 1 amide bonds. The van der Waals surface area contributed by atoms with Gasteiger partial charge >= 0.3 is 12.1 Å². The fraction of sp³-hybridized carbons (Fsp3) is 0.259. The largest absolute Gasteiger partial charge is 0.462 e. The molecule has 2 unspecified atom stereocenters. The molecule has 182 valence electrons. The van der Waals surface area contributed by atoms with Crippen molar-refractivity contribution in [1.29, 1.82) is 0 Å². The second-order valence-corrected chi connectivity index (χ2v) is 8.18. The third-order valence-corrected chi connectivity index (χ3v) is 5.99. The number of carbonyl (C=O) groups excluding carboxylic acids is 2. The number of ether oxygens (including phenoxy) is 2. The molecule has 4 rings (SSSR count). The molecule has 3 N–H and O–H groups in total. The molecule has 8 heteroatoms. The Morgan fingerprint density at radius 1 is 0.971 bits per heavy atom. The molecule has 1 aliphatic carbocycles. The van der Waals surface area contributed by atoms with Gasteiger partial charge in [-0.15, -0.1) is 0 Å². The van der Waals surface area contributed by atoms with E-state index in [1.165, 1.54) is 6.07 Å². The topological polar surface area (TPSA) is 105 Å². The first-order valence-corrected chi connectivity index (χ1v) is 11.3. The lowest BCUT2D eigenvalue weighted by atomic mass is 9.98. The summed E-state index contributed by atoms with van der Waals surface area (Å²) in [5.41, 5.74) is 4.13. The maximum absolute atomic E-state index is 13.9. The van der Waals surface area contributed by atoms with E-state index in [-0.39, 0.29) is 36.8 Å². The van der Waals surface area contributed by atoms with E-state index in [4.69, 9.17) is 9.47 Å². The molecule has 0 fully saturated rings. The molecule has 0 bridgehead atoms. The third-order valence-electron chi connectivity index (χ3n) is 5.99.